The van der Waals surface area contributed by atoms with E-state index in [1.54, 1.807) is 18.6 Å². The molecular formula is C12H10N4O2. The third-order valence-electron chi connectivity index (χ3n) is 2.74. The van der Waals surface area contributed by atoms with Crippen LogP contribution in [0.5, 0.6) is 0 Å². The highest BCUT2D eigenvalue weighted by Crippen LogP contribution is 2.22. The highest BCUT2D eigenvalue weighted by molar-refractivity contribution is 6.03. The second-order valence-electron chi connectivity index (χ2n) is 3.77. The van der Waals surface area contributed by atoms with E-state index in [9.17, 15) is 4.79 Å². The van der Waals surface area contributed by atoms with Crippen molar-refractivity contribution < 1.29 is 9.53 Å². The molecule has 3 aromatic rings. The van der Waals surface area contributed by atoms with Gasteiger partial charge in [0, 0.05) is 23.3 Å². The van der Waals surface area contributed by atoms with E-state index < -0.39 is 0 Å². The maximum absolute atomic E-state index is 11.5. The van der Waals surface area contributed by atoms with Crippen LogP contribution in [0.15, 0.2) is 30.7 Å². The van der Waals surface area contributed by atoms with Gasteiger partial charge in [0.2, 0.25) is 0 Å². The molecule has 90 valence electrons. The zero-order valence-corrected chi connectivity index (χ0v) is 9.60. The van der Waals surface area contributed by atoms with E-state index in [-0.39, 0.29) is 5.97 Å². The molecule has 0 aliphatic rings. The Morgan fingerprint density at radius 3 is 2.94 bits per heavy atom. The van der Waals surface area contributed by atoms with Gasteiger partial charge in [-0.05, 0) is 12.1 Å². The molecule has 0 saturated carbocycles. The topological polar surface area (TPSA) is 83.7 Å². The summed E-state index contributed by atoms with van der Waals surface area (Å²) < 4.78 is 4.70. The number of hydrogen-bond donors (Lipinski definition) is 2. The first-order valence-corrected chi connectivity index (χ1v) is 5.35. The summed E-state index contributed by atoms with van der Waals surface area (Å²) >= 11 is 0. The summed E-state index contributed by atoms with van der Waals surface area (Å²) in [5.41, 5.74) is 2.81. The van der Waals surface area contributed by atoms with Gasteiger partial charge in [0.05, 0.1) is 24.6 Å². The fourth-order valence-corrected chi connectivity index (χ4v) is 1.84. The number of pyridine rings is 1. The largest absolute Gasteiger partial charge is 0.465 e. The number of methoxy groups -OCH3 is 1. The predicted octanol–water partition coefficient (Wildman–Crippen LogP) is 1.74. The summed E-state index contributed by atoms with van der Waals surface area (Å²) in [6.45, 7) is 0. The first-order chi connectivity index (χ1) is 8.79. The van der Waals surface area contributed by atoms with Crippen LogP contribution in [-0.4, -0.2) is 33.2 Å². The Hall–Kier alpha value is -2.63. The highest BCUT2D eigenvalue weighted by atomic mass is 16.5. The van der Waals surface area contributed by atoms with Crippen molar-refractivity contribution in [1.29, 1.82) is 0 Å². The van der Waals surface area contributed by atoms with Crippen LogP contribution < -0.4 is 0 Å². The molecular weight excluding hydrogens is 232 g/mol. The van der Waals surface area contributed by atoms with Crippen LogP contribution in [0.1, 0.15) is 10.4 Å². The summed E-state index contributed by atoms with van der Waals surface area (Å²) in [5, 5.41) is 7.36. The lowest BCUT2D eigenvalue weighted by Crippen LogP contribution is -1.99. The lowest BCUT2D eigenvalue weighted by molar-refractivity contribution is 0.0603. The van der Waals surface area contributed by atoms with Crippen molar-refractivity contribution in [3.63, 3.8) is 0 Å². The van der Waals surface area contributed by atoms with E-state index in [1.165, 1.54) is 7.11 Å². The van der Waals surface area contributed by atoms with Crippen molar-refractivity contribution in [1.82, 2.24) is 20.2 Å². The zero-order valence-electron chi connectivity index (χ0n) is 9.60. The Kier molecular flexibility index (Phi) is 2.33. The third kappa shape index (κ3) is 1.55. The first-order valence-electron chi connectivity index (χ1n) is 5.35. The number of carbonyl (C=O) groups excluding carboxylic acids is 1. The number of nitrogens with zero attached hydrogens (tertiary/aromatic N) is 2. The number of hydrogen-bond acceptors (Lipinski definition) is 4. The first kappa shape index (κ1) is 10.5. The molecule has 0 aliphatic heterocycles. The van der Waals surface area contributed by atoms with Crippen molar-refractivity contribution in [2.24, 2.45) is 0 Å². The fraction of sp³-hybridized carbons (Fsp3) is 0.0833. The maximum Gasteiger partial charge on any atom is 0.340 e. The van der Waals surface area contributed by atoms with Crippen molar-refractivity contribution >= 4 is 17.0 Å². The normalized spacial score (nSPS) is 10.7. The molecule has 2 N–H and O–H groups in total. The van der Waals surface area contributed by atoms with Crippen molar-refractivity contribution in [3.8, 4) is 11.3 Å². The van der Waals surface area contributed by atoms with E-state index in [1.807, 2.05) is 12.1 Å². The van der Waals surface area contributed by atoms with E-state index in [4.69, 9.17) is 4.74 Å². The van der Waals surface area contributed by atoms with Gasteiger partial charge in [-0.2, -0.15) is 5.10 Å². The molecule has 0 fully saturated rings. The molecule has 18 heavy (non-hydrogen) atoms. The summed E-state index contributed by atoms with van der Waals surface area (Å²) in [6, 6.07) is 3.68. The number of H-pyrrole nitrogens is 2. The molecule has 0 radical (unpaired) electrons. The number of ether oxygens (including phenoxy) is 1. The molecule has 6 heteroatoms. The quantitative estimate of drug-likeness (QED) is 0.670. The Bertz CT molecular complexity index is 700. The van der Waals surface area contributed by atoms with Crippen molar-refractivity contribution in [3.05, 3.63) is 36.3 Å². The van der Waals surface area contributed by atoms with Gasteiger partial charge in [-0.25, -0.2) is 9.78 Å². The Balaban J connectivity index is 2.13. The number of aromatic amines is 2. The van der Waals surface area contributed by atoms with Gasteiger partial charge in [0.1, 0.15) is 5.65 Å². The zero-order chi connectivity index (χ0) is 12.5. The standard InChI is InChI=1S/C12H10N4O2/c1-18-12(17)9-6-13-11-8(9)2-3-10(16-11)7-4-14-15-5-7/h2-6H,1H3,(H,13,16)(H,14,15). The highest BCUT2D eigenvalue weighted by Gasteiger charge is 2.13. The molecule has 0 unspecified atom stereocenters. The van der Waals surface area contributed by atoms with Crippen LogP contribution in [0.3, 0.4) is 0 Å². The average Bonchev–Trinajstić information content (AvgIpc) is 3.06. The van der Waals surface area contributed by atoms with Gasteiger partial charge < -0.3 is 9.72 Å². The van der Waals surface area contributed by atoms with Crippen LogP contribution in [-0.2, 0) is 4.74 Å². The van der Waals surface area contributed by atoms with Crippen LogP contribution in [0.25, 0.3) is 22.3 Å². The number of aromatic nitrogens is 4. The van der Waals surface area contributed by atoms with E-state index in [2.05, 4.69) is 20.2 Å². The third-order valence-corrected chi connectivity index (χ3v) is 2.74. The molecule has 0 bridgehead atoms. The van der Waals surface area contributed by atoms with Crippen LogP contribution in [0, 0.1) is 0 Å². The van der Waals surface area contributed by atoms with Gasteiger partial charge >= 0.3 is 5.97 Å². The van der Waals surface area contributed by atoms with E-state index >= 15 is 0 Å². The molecule has 3 heterocycles. The molecule has 0 aliphatic carbocycles. The van der Waals surface area contributed by atoms with Gasteiger partial charge in [0.25, 0.3) is 0 Å². The molecule has 0 amide bonds. The minimum absolute atomic E-state index is 0.376. The number of rotatable bonds is 2. The molecule has 0 aromatic carbocycles. The minimum atomic E-state index is -0.376. The molecule has 0 spiro atoms. The maximum atomic E-state index is 11.5. The molecule has 3 aromatic heterocycles. The second kappa shape index (κ2) is 3.99. The summed E-state index contributed by atoms with van der Waals surface area (Å²) in [7, 11) is 1.36. The second-order valence-corrected chi connectivity index (χ2v) is 3.77. The minimum Gasteiger partial charge on any atom is -0.465 e. The van der Waals surface area contributed by atoms with E-state index in [0.29, 0.717) is 11.2 Å². The smallest absolute Gasteiger partial charge is 0.340 e. The van der Waals surface area contributed by atoms with Crippen molar-refractivity contribution in [2.75, 3.05) is 7.11 Å². The lowest BCUT2D eigenvalue weighted by Gasteiger charge is -1.98. The summed E-state index contributed by atoms with van der Waals surface area (Å²) in [6.07, 6.45) is 5.05. The van der Waals surface area contributed by atoms with Crippen LogP contribution >= 0.6 is 0 Å². The number of nitrogens with one attached hydrogen (secondary N) is 2. The Labute approximate surface area is 102 Å². The number of fused-ring (bicyclic) bond motifs is 1. The molecule has 6 nitrogen and oxygen atoms in total. The van der Waals surface area contributed by atoms with Gasteiger partial charge in [-0.3, -0.25) is 5.10 Å². The van der Waals surface area contributed by atoms with Crippen LogP contribution in [0.4, 0.5) is 0 Å². The number of carbonyl (C=O) groups is 1. The Morgan fingerprint density at radius 2 is 2.22 bits per heavy atom. The monoisotopic (exact) mass is 242 g/mol. The van der Waals surface area contributed by atoms with Crippen LogP contribution in [0.2, 0.25) is 0 Å². The number of esters is 1. The predicted molar refractivity (Wildman–Crippen MR) is 65.0 cm³/mol. The SMILES string of the molecule is COC(=O)c1c[nH]c2nc(-c3cn[nH]c3)ccc12. The Morgan fingerprint density at radius 1 is 1.33 bits per heavy atom. The summed E-state index contributed by atoms with van der Waals surface area (Å²) in [5.74, 6) is -0.376. The van der Waals surface area contributed by atoms with Gasteiger partial charge in [0.15, 0.2) is 0 Å². The molecule has 3 rings (SSSR count). The molecule has 0 saturated heterocycles. The van der Waals surface area contributed by atoms with Gasteiger partial charge in [-0.15, -0.1) is 0 Å². The lowest BCUT2D eigenvalue weighted by atomic mass is 10.2. The molecule has 0 atom stereocenters. The van der Waals surface area contributed by atoms with Crippen molar-refractivity contribution in [2.45, 2.75) is 0 Å². The van der Waals surface area contributed by atoms with Gasteiger partial charge in [-0.1, -0.05) is 0 Å². The van der Waals surface area contributed by atoms with E-state index in [0.717, 1.165) is 16.6 Å². The average molecular weight is 242 g/mol. The fourth-order valence-electron chi connectivity index (χ4n) is 1.84. The summed E-state index contributed by atoms with van der Waals surface area (Å²) in [4.78, 5) is 18.9.